The van der Waals surface area contributed by atoms with E-state index in [0.29, 0.717) is 0 Å². The lowest BCUT2D eigenvalue weighted by atomic mass is 9.89. The van der Waals surface area contributed by atoms with Gasteiger partial charge in [0.05, 0.1) is 11.4 Å². The van der Waals surface area contributed by atoms with Gasteiger partial charge in [-0.15, -0.1) is 0 Å². The van der Waals surface area contributed by atoms with Crippen molar-refractivity contribution in [1.82, 2.24) is 19.7 Å². The summed E-state index contributed by atoms with van der Waals surface area (Å²) in [7, 11) is 0. The lowest BCUT2D eigenvalue weighted by Crippen LogP contribution is -2.37. The maximum Gasteiger partial charge on any atom is 0.225 e. The van der Waals surface area contributed by atoms with Gasteiger partial charge in [0, 0.05) is 48.6 Å². The number of aromatic nitrogens is 4. The average molecular weight is 390 g/mol. The number of aryl methyl sites for hydroxylation is 2. The van der Waals surface area contributed by atoms with Gasteiger partial charge in [0.1, 0.15) is 0 Å². The topological polar surface area (TPSA) is 63.9 Å². The Morgan fingerprint density at radius 2 is 1.83 bits per heavy atom. The van der Waals surface area contributed by atoms with Crippen LogP contribution in [0.25, 0.3) is 11.3 Å². The summed E-state index contributed by atoms with van der Waals surface area (Å²) in [4.78, 5) is 24.3. The van der Waals surface area contributed by atoms with Crippen molar-refractivity contribution in [3.63, 3.8) is 0 Å². The molecule has 4 rings (SSSR count). The van der Waals surface area contributed by atoms with Crippen LogP contribution >= 0.6 is 0 Å². The molecule has 1 aliphatic heterocycles. The van der Waals surface area contributed by atoms with E-state index in [1.54, 1.807) is 0 Å². The van der Waals surface area contributed by atoms with Gasteiger partial charge in [-0.1, -0.05) is 30.3 Å². The van der Waals surface area contributed by atoms with Gasteiger partial charge in [-0.25, -0.2) is 9.97 Å². The van der Waals surface area contributed by atoms with E-state index < -0.39 is 0 Å². The molecule has 6 heteroatoms. The highest BCUT2D eigenvalue weighted by molar-refractivity contribution is 5.97. The molecule has 0 atom stereocenters. The Bertz CT molecular complexity index is 1000. The molecule has 0 aliphatic carbocycles. The van der Waals surface area contributed by atoms with Crippen LogP contribution in [-0.4, -0.2) is 38.6 Å². The number of ketones is 1. The number of carbonyl (C=O) groups is 1. The van der Waals surface area contributed by atoms with Crippen molar-refractivity contribution in [3.8, 4) is 11.3 Å². The first-order valence-electron chi connectivity index (χ1n) is 10.3. The van der Waals surface area contributed by atoms with Crippen LogP contribution < -0.4 is 4.90 Å². The second-order valence-electron chi connectivity index (χ2n) is 7.60. The summed E-state index contributed by atoms with van der Waals surface area (Å²) in [6, 6.07) is 11.5. The predicted molar refractivity (Wildman–Crippen MR) is 114 cm³/mol. The Labute approximate surface area is 171 Å². The fourth-order valence-electron chi connectivity index (χ4n) is 4.20. The number of anilines is 1. The van der Waals surface area contributed by atoms with Gasteiger partial charge in [0.2, 0.25) is 5.95 Å². The van der Waals surface area contributed by atoms with Crippen LogP contribution in [0, 0.1) is 19.8 Å². The molecule has 1 aromatic carbocycles. The average Bonchev–Trinajstić information content (AvgIpc) is 3.07. The largest absolute Gasteiger partial charge is 0.341 e. The molecule has 150 valence electrons. The quantitative estimate of drug-likeness (QED) is 0.615. The lowest BCUT2D eigenvalue weighted by Gasteiger charge is -2.31. The molecule has 29 heavy (non-hydrogen) atoms. The molecule has 2 aromatic heterocycles. The molecular weight excluding hydrogens is 362 g/mol. The van der Waals surface area contributed by atoms with Gasteiger partial charge in [-0.05, 0) is 39.7 Å². The number of piperidine rings is 1. The Balaban J connectivity index is 1.49. The third kappa shape index (κ3) is 3.79. The molecule has 1 saturated heterocycles. The van der Waals surface area contributed by atoms with E-state index in [4.69, 9.17) is 4.98 Å². The molecule has 1 aliphatic rings. The Kier molecular flexibility index (Phi) is 5.43. The predicted octanol–water partition coefficient (Wildman–Crippen LogP) is 4.08. The third-order valence-corrected chi connectivity index (χ3v) is 5.79. The molecular formula is C23H27N5O. The number of rotatable bonds is 5. The number of carbonyl (C=O) groups excluding carboxylic acids is 1. The standard InChI is InChI=1S/C23H27N5O/c1-4-28-17(3)21(16(2)26-28)20-10-13-24-23(25-20)27-14-11-19(12-15-27)22(29)18-8-6-5-7-9-18/h5-10,13,19H,4,11-12,14-15H2,1-3H3. The normalized spacial score (nSPS) is 14.9. The van der Waals surface area contributed by atoms with Crippen molar-refractivity contribution in [3.05, 3.63) is 59.5 Å². The van der Waals surface area contributed by atoms with Gasteiger partial charge in [0.15, 0.2) is 5.78 Å². The molecule has 0 radical (unpaired) electrons. The minimum Gasteiger partial charge on any atom is -0.341 e. The summed E-state index contributed by atoms with van der Waals surface area (Å²) >= 11 is 0. The lowest BCUT2D eigenvalue weighted by molar-refractivity contribution is 0.0900. The van der Waals surface area contributed by atoms with E-state index in [1.807, 2.05) is 54.2 Å². The van der Waals surface area contributed by atoms with Crippen molar-refractivity contribution < 1.29 is 4.79 Å². The van der Waals surface area contributed by atoms with E-state index in [1.165, 1.54) is 0 Å². The third-order valence-electron chi connectivity index (χ3n) is 5.79. The van der Waals surface area contributed by atoms with Gasteiger partial charge in [0.25, 0.3) is 0 Å². The van der Waals surface area contributed by atoms with E-state index in [9.17, 15) is 4.79 Å². The minimum atomic E-state index is 0.0732. The van der Waals surface area contributed by atoms with Crippen LogP contribution in [0.5, 0.6) is 0 Å². The maximum atomic E-state index is 12.7. The molecule has 0 amide bonds. The summed E-state index contributed by atoms with van der Waals surface area (Å²) in [6.45, 7) is 8.62. The highest BCUT2D eigenvalue weighted by atomic mass is 16.1. The smallest absolute Gasteiger partial charge is 0.225 e. The zero-order valence-corrected chi connectivity index (χ0v) is 17.3. The van der Waals surface area contributed by atoms with Crippen LogP contribution in [0.4, 0.5) is 5.95 Å². The molecule has 0 unspecified atom stereocenters. The number of benzene rings is 1. The monoisotopic (exact) mass is 389 g/mol. The number of nitrogens with zero attached hydrogens (tertiary/aromatic N) is 5. The molecule has 3 heterocycles. The molecule has 0 N–H and O–H groups in total. The van der Waals surface area contributed by atoms with Gasteiger partial charge < -0.3 is 4.90 Å². The summed E-state index contributed by atoms with van der Waals surface area (Å²) < 4.78 is 2.01. The fourth-order valence-corrected chi connectivity index (χ4v) is 4.20. The Morgan fingerprint density at radius 3 is 2.48 bits per heavy atom. The molecule has 1 fully saturated rings. The first-order valence-corrected chi connectivity index (χ1v) is 10.3. The second-order valence-corrected chi connectivity index (χ2v) is 7.60. The number of Topliss-reactive ketones (excluding diaryl/α,β-unsaturated/α-hetero) is 1. The van der Waals surface area contributed by atoms with Crippen LogP contribution in [-0.2, 0) is 6.54 Å². The van der Waals surface area contributed by atoms with E-state index >= 15 is 0 Å². The van der Waals surface area contributed by atoms with Crippen LogP contribution in [0.15, 0.2) is 42.6 Å². The fraction of sp³-hybridized carbons (Fsp3) is 0.391. The summed E-state index contributed by atoms with van der Waals surface area (Å²) in [6.07, 6.45) is 3.47. The maximum absolute atomic E-state index is 12.7. The summed E-state index contributed by atoms with van der Waals surface area (Å²) in [5, 5.41) is 4.61. The highest BCUT2D eigenvalue weighted by Gasteiger charge is 2.27. The molecule has 6 nitrogen and oxygen atoms in total. The van der Waals surface area contributed by atoms with Crippen LogP contribution in [0.2, 0.25) is 0 Å². The van der Waals surface area contributed by atoms with E-state index in [2.05, 4.69) is 28.8 Å². The van der Waals surface area contributed by atoms with Crippen LogP contribution in [0.1, 0.15) is 41.5 Å². The van der Waals surface area contributed by atoms with Crippen molar-refractivity contribution in [2.24, 2.45) is 5.92 Å². The van der Waals surface area contributed by atoms with Crippen molar-refractivity contribution in [2.45, 2.75) is 40.2 Å². The van der Waals surface area contributed by atoms with Crippen molar-refractivity contribution >= 4 is 11.7 Å². The Morgan fingerprint density at radius 1 is 1.10 bits per heavy atom. The van der Waals surface area contributed by atoms with E-state index in [-0.39, 0.29) is 11.7 Å². The summed E-state index contributed by atoms with van der Waals surface area (Å²) in [5.74, 6) is 1.05. The molecule has 3 aromatic rings. The van der Waals surface area contributed by atoms with Crippen molar-refractivity contribution in [1.29, 1.82) is 0 Å². The Hall–Kier alpha value is -3.02. The van der Waals surface area contributed by atoms with Gasteiger partial charge in [-0.2, -0.15) is 5.10 Å². The van der Waals surface area contributed by atoms with Crippen LogP contribution in [0.3, 0.4) is 0 Å². The molecule has 0 saturated carbocycles. The number of hydrogen-bond acceptors (Lipinski definition) is 5. The molecule has 0 bridgehead atoms. The van der Waals surface area contributed by atoms with E-state index in [0.717, 1.165) is 66.6 Å². The molecule has 0 spiro atoms. The first kappa shape index (κ1) is 19.3. The zero-order chi connectivity index (χ0) is 20.4. The van der Waals surface area contributed by atoms with Gasteiger partial charge in [-0.3, -0.25) is 9.48 Å². The zero-order valence-electron chi connectivity index (χ0n) is 17.3. The second kappa shape index (κ2) is 8.15. The first-order chi connectivity index (χ1) is 14.1. The van der Waals surface area contributed by atoms with Gasteiger partial charge >= 0.3 is 0 Å². The summed E-state index contributed by atoms with van der Waals surface area (Å²) in [5.41, 5.74) is 4.92. The highest BCUT2D eigenvalue weighted by Crippen LogP contribution is 2.28. The number of hydrogen-bond donors (Lipinski definition) is 0. The minimum absolute atomic E-state index is 0.0732. The van der Waals surface area contributed by atoms with Crippen molar-refractivity contribution in [2.75, 3.05) is 18.0 Å². The SMILES string of the molecule is CCn1nc(C)c(-c2ccnc(N3CCC(C(=O)c4ccccc4)CC3)n2)c1C.